The molecular weight excluding hydrogens is 360 g/mol. The van der Waals surface area contributed by atoms with Crippen molar-refractivity contribution in [2.24, 2.45) is 11.8 Å². The van der Waals surface area contributed by atoms with E-state index < -0.39 is 23.5 Å². The summed E-state index contributed by atoms with van der Waals surface area (Å²) in [6.07, 6.45) is -2.57. The molecule has 3 unspecified atom stereocenters. The van der Waals surface area contributed by atoms with E-state index in [4.69, 9.17) is 0 Å². The third kappa shape index (κ3) is 3.44. The monoisotopic (exact) mass is 384 g/mol. The molecule has 2 aliphatic rings. The number of fused-ring (bicyclic) bond motifs is 1. The predicted molar refractivity (Wildman–Crippen MR) is 94.2 cm³/mol. The molecule has 2 aliphatic heterocycles. The van der Waals surface area contributed by atoms with Gasteiger partial charge in [0.1, 0.15) is 0 Å². The lowest BCUT2D eigenvalue weighted by Gasteiger charge is -2.44. The summed E-state index contributed by atoms with van der Waals surface area (Å²) in [5, 5.41) is 0. The zero-order valence-corrected chi connectivity index (χ0v) is 15.8. The zero-order chi connectivity index (χ0) is 20.1. The molecule has 2 heterocycles. The van der Waals surface area contributed by atoms with Gasteiger partial charge >= 0.3 is 6.18 Å². The highest BCUT2D eigenvalue weighted by Gasteiger charge is 2.49. The van der Waals surface area contributed by atoms with Gasteiger partial charge in [0.15, 0.2) is 5.67 Å². The summed E-state index contributed by atoms with van der Waals surface area (Å²) in [4.78, 5) is 16.2. The highest BCUT2D eigenvalue weighted by atomic mass is 19.4. The van der Waals surface area contributed by atoms with Gasteiger partial charge in [-0.2, -0.15) is 13.2 Å². The molecule has 0 spiro atoms. The van der Waals surface area contributed by atoms with Gasteiger partial charge in [-0.25, -0.2) is 4.39 Å². The second kappa shape index (κ2) is 6.53. The van der Waals surface area contributed by atoms with Crippen LogP contribution in [0.2, 0.25) is 0 Å². The number of hydrogen-bond donors (Lipinski definition) is 0. The van der Waals surface area contributed by atoms with E-state index in [2.05, 4.69) is 0 Å². The van der Waals surface area contributed by atoms with E-state index in [1.807, 2.05) is 6.92 Å². The fourth-order valence-electron chi connectivity index (χ4n) is 3.98. The average Bonchev–Trinajstić information content (AvgIpc) is 2.64. The molecule has 0 bridgehead atoms. The van der Waals surface area contributed by atoms with E-state index in [1.165, 1.54) is 24.0 Å². The Morgan fingerprint density at radius 2 is 1.74 bits per heavy atom. The van der Waals surface area contributed by atoms with Gasteiger partial charge in [-0.15, -0.1) is 0 Å². The van der Waals surface area contributed by atoms with Crippen molar-refractivity contribution in [1.29, 1.82) is 0 Å². The second-order valence-corrected chi connectivity index (χ2v) is 7.90. The molecule has 3 rings (SSSR count). The summed E-state index contributed by atoms with van der Waals surface area (Å²) in [6, 6.07) is 4.25. The first-order valence-electron chi connectivity index (χ1n) is 9.03. The van der Waals surface area contributed by atoms with Crippen molar-refractivity contribution >= 4 is 5.91 Å². The maximum atomic E-state index is 15.7. The van der Waals surface area contributed by atoms with Crippen molar-refractivity contribution in [3.63, 3.8) is 0 Å². The third-order valence-electron chi connectivity index (χ3n) is 5.97. The Labute approximate surface area is 156 Å². The van der Waals surface area contributed by atoms with Crippen LogP contribution in [0.4, 0.5) is 17.6 Å². The van der Waals surface area contributed by atoms with Gasteiger partial charge < -0.3 is 9.80 Å². The largest absolute Gasteiger partial charge is 0.416 e. The molecule has 0 aliphatic carbocycles. The Kier molecular flexibility index (Phi) is 4.77. The summed E-state index contributed by atoms with van der Waals surface area (Å²) in [5.41, 5.74) is -1.62. The summed E-state index contributed by atoms with van der Waals surface area (Å²) < 4.78 is 54.3. The third-order valence-corrected chi connectivity index (χ3v) is 5.97. The van der Waals surface area contributed by atoms with E-state index in [-0.39, 0.29) is 29.9 Å². The van der Waals surface area contributed by atoms with Crippen LogP contribution in [0.5, 0.6) is 0 Å². The van der Waals surface area contributed by atoms with Gasteiger partial charge in [-0.05, 0) is 36.5 Å². The number of alkyl halides is 4. The minimum absolute atomic E-state index is 0.141. The highest BCUT2D eigenvalue weighted by molar-refractivity contribution is 5.80. The number of allylic oxidation sites excluding steroid dienone is 1. The van der Waals surface area contributed by atoms with Crippen molar-refractivity contribution in [2.45, 2.75) is 45.1 Å². The minimum atomic E-state index is -4.42. The van der Waals surface area contributed by atoms with E-state index in [0.29, 0.717) is 12.1 Å². The number of amides is 1. The Balaban J connectivity index is 2.05. The van der Waals surface area contributed by atoms with Crippen LogP contribution >= 0.6 is 0 Å². The summed E-state index contributed by atoms with van der Waals surface area (Å²) >= 11 is 0. The van der Waals surface area contributed by atoms with Crippen molar-refractivity contribution in [2.75, 3.05) is 13.6 Å². The van der Waals surface area contributed by atoms with Crippen LogP contribution < -0.4 is 0 Å². The highest BCUT2D eigenvalue weighted by Crippen LogP contribution is 2.46. The topological polar surface area (TPSA) is 23.6 Å². The van der Waals surface area contributed by atoms with E-state index in [1.54, 1.807) is 25.1 Å². The van der Waals surface area contributed by atoms with Crippen LogP contribution in [-0.4, -0.2) is 35.0 Å². The number of nitrogens with zero attached hydrogens (tertiary/aromatic N) is 2. The molecule has 0 aromatic heterocycles. The van der Waals surface area contributed by atoms with Gasteiger partial charge in [0.05, 0.1) is 17.3 Å². The summed E-state index contributed by atoms with van der Waals surface area (Å²) in [6.45, 7) is 5.52. The number of hydrogen-bond acceptors (Lipinski definition) is 2. The van der Waals surface area contributed by atoms with Crippen molar-refractivity contribution in [1.82, 2.24) is 9.80 Å². The number of likely N-dealkylation sites (N-methyl/N-ethyl adjacent to an activating group) is 1. The lowest BCUT2D eigenvalue weighted by atomic mass is 9.80. The van der Waals surface area contributed by atoms with Crippen molar-refractivity contribution in [3.05, 3.63) is 47.3 Å². The lowest BCUT2D eigenvalue weighted by molar-refractivity contribution is -0.137. The smallest absolute Gasteiger partial charge is 0.376 e. The van der Waals surface area contributed by atoms with E-state index in [0.717, 1.165) is 12.1 Å². The molecular formula is C20H24F4N2O. The molecule has 1 aromatic carbocycles. The van der Waals surface area contributed by atoms with Crippen LogP contribution in [0.1, 0.15) is 44.4 Å². The fourth-order valence-corrected chi connectivity index (χ4v) is 3.98. The summed E-state index contributed by atoms with van der Waals surface area (Å²) in [5.74, 6) is -0.699. The number of carbonyl (C=O) groups excluding carboxylic acids is 1. The molecule has 1 amide bonds. The fraction of sp³-hybridized carbons (Fsp3) is 0.550. The standard InChI is InChI=1S/C20H24F4N2O/c1-12-9-18(27)26-16(14-5-7-15(8-6-14)20(22,23)24)10-25(4)11-17(26)19(3,21)13(12)2/h5-8,11-13,16H,9-10H2,1-4H3/t12?,13-,16?,19?/m0/s1. The van der Waals surface area contributed by atoms with Gasteiger partial charge in [0, 0.05) is 26.2 Å². The average molecular weight is 384 g/mol. The van der Waals surface area contributed by atoms with Crippen molar-refractivity contribution < 1.29 is 22.4 Å². The number of halogens is 4. The van der Waals surface area contributed by atoms with Crippen molar-refractivity contribution in [3.8, 4) is 0 Å². The predicted octanol–water partition coefficient (Wildman–Crippen LogP) is 4.77. The number of carbonyl (C=O) groups is 1. The molecule has 0 saturated carbocycles. The van der Waals surface area contributed by atoms with Gasteiger partial charge in [0.25, 0.3) is 0 Å². The Morgan fingerprint density at radius 1 is 1.15 bits per heavy atom. The normalized spacial score (nSPS) is 32.1. The molecule has 3 nitrogen and oxygen atoms in total. The molecule has 1 aromatic rings. The first-order chi connectivity index (χ1) is 12.4. The molecule has 1 fully saturated rings. The quantitative estimate of drug-likeness (QED) is 0.652. The lowest BCUT2D eigenvalue weighted by Crippen LogP contribution is -2.48. The van der Waals surface area contributed by atoms with E-state index in [9.17, 15) is 18.0 Å². The molecule has 1 saturated heterocycles. The number of rotatable bonds is 1. The first kappa shape index (κ1) is 19.7. The van der Waals surface area contributed by atoms with Gasteiger partial charge in [-0.3, -0.25) is 4.79 Å². The Morgan fingerprint density at radius 3 is 2.30 bits per heavy atom. The van der Waals surface area contributed by atoms with Crippen LogP contribution in [0.3, 0.4) is 0 Å². The Hall–Kier alpha value is -2.05. The maximum absolute atomic E-state index is 15.7. The Bertz CT molecular complexity index is 754. The maximum Gasteiger partial charge on any atom is 0.416 e. The van der Waals surface area contributed by atoms with Gasteiger partial charge in [-0.1, -0.05) is 26.0 Å². The molecule has 27 heavy (non-hydrogen) atoms. The van der Waals surface area contributed by atoms with Crippen LogP contribution in [0.15, 0.2) is 36.2 Å². The SMILES string of the molecule is CC1CC(=O)N2C(=CN(C)CC2c2ccc(C(F)(F)F)cc2)C(C)(F)[C@H]1C. The zero-order valence-electron chi connectivity index (χ0n) is 15.8. The minimum Gasteiger partial charge on any atom is -0.376 e. The number of benzene rings is 1. The van der Waals surface area contributed by atoms with Crippen LogP contribution in [0, 0.1) is 11.8 Å². The van der Waals surface area contributed by atoms with E-state index >= 15 is 4.39 Å². The molecule has 148 valence electrons. The molecule has 4 atom stereocenters. The van der Waals surface area contributed by atoms with Crippen LogP contribution in [-0.2, 0) is 11.0 Å². The molecule has 0 radical (unpaired) electrons. The molecule has 0 N–H and O–H groups in total. The summed E-state index contributed by atoms with van der Waals surface area (Å²) in [7, 11) is 1.78. The first-order valence-corrected chi connectivity index (χ1v) is 9.03. The van der Waals surface area contributed by atoms with Crippen LogP contribution in [0.25, 0.3) is 0 Å². The molecule has 7 heteroatoms. The van der Waals surface area contributed by atoms with Gasteiger partial charge in [0.2, 0.25) is 5.91 Å². The second-order valence-electron chi connectivity index (χ2n) is 7.90.